The number of aliphatic hydroxyl groups is 1. The Kier molecular flexibility index (Phi) is 10.3. The molecule has 45 heavy (non-hydrogen) atoms. The Labute approximate surface area is 269 Å². The summed E-state index contributed by atoms with van der Waals surface area (Å²) >= 11 is 1.58. The number of benzene rings is 1. The van der Waals surface area contributed by atoms with Crippen LogP contribution in [0.5, 0.6) is 0 Å². The predicted octanol–water partition coefficient (Wildman–Crippen LogP) is 4.05. The molecule has 2 fully saturated rings. The summed E-state index contributed by atoms with van der Waals surface area (Å²) < 4.78 is 5.45. The van der Waals surface area contributed by atoms with E-state index in [1.165, 1.54) is 9.80 Å². The number of carbonyl (C=O) groups is 4. The second-order valence-corrected chi connectivity index (χ2v) is 15.1. The lowest BCUT2D eigenvalue weighted by Gasteiger charge is -2.36. The summed E-state index contributed by atoms with van der Waals surface area (Å²) in [4.78, 5) is 61.7. The summed E-state index contributed by atoms with van der Waals surface area (Å²) in [5.74, 6) is -1.62. The van der Waals surface area contributed by atoms with E-state index in [0.29, 0.717) is 13.0 Å². The van der Waals surface area contributed by atoms with Crippen molar-refractivity contribution in [3.8, 4) is 10.4 Å². The lowest BCUT2D eigenvalue weighted by atomic mass is 9.85. The number of ether oxygens (including phenoxy) is 1. The largest absolute Gasteiger partial charge is 0.444 e. The van der Waals surface area contributed by atoms with Gasteiger partial charge in [0.1, 0.15) is 17.7 Å². The van der Waals surface area contributed by atoms with E-state index in [4.69, 9.17) is 4.74 Å². The molecule has 0 bridgehead atoms. The molecular formula is C33H47N5O6S. The van der Waals surface area contributed by atoms with Crippen molar-refractivity contribution in [3.63, 3.8) is 0 Å². The van der Waals surface area contributed by atoms with Gasteiger partial charge in [0.2, 0.25) is 17.7 Å². The highest BCUT2D eigenvalue weighted by molar-refractivity contribution is 7.13. The minimum absolute atomic E-state index is 0.00744. The van der Waals surface area contributed by atoms with Gasteiger partial charge in [-0.15, -0.1) is 11.3 Å². The first kappa shape index (κ1) is 34.4. The van der Waals surface area contributed by atoms with E-state index in [2.05, 4.69) is 15.6 Å². The number of thiazole rings is 1. The molecule has 3 heterocycles. The lowest BCUT2D eigenvalue weighted by molar-refractivity contribution is -0.144. The number of likely N-dealkylation sites (tertiary alicyclic amines) is 2. The van der Waals surface area contributed by atoms with E-state index >= 15 is 0 Å². The molecule has 2 saturated heterocycles. The average Bonchev–Trinajstić information content (AvgIpc) is 3.69. The number of hydrogen-bond donors (Lipinski definition) is 3. The second-order valence-electron chi connectivity index (χ2n) is 14.2. The van der Waals surface area contributed by atoms with Gasteiger partial charge < -0.3 is 30.3 Å². The van der Waals surface area contributed by atoms with Crippen molar-refractivity contribution in [2.24, 2.45) is 11.3 Å². The Morgan fingerprint density at radius 2 is 1.69 bits per heavy atom. The highest BCUT2D eigenvalue weighted by Crippen LogP contribution is 2.30. The second kappa shape index (κ2) is 13.5. The third-order valence-electron chi connectivity index (χ3n) is 8.25. The molecule has 3 N–H and O–H groups in total. The van der Waals surface area contributed by atoms with Crippen LogP contribution in [0.2, 0.25) is 0 Å². The normalized spacial score (nSPS) is 21.8. The number of carbonyl (C=O) groups excluding carboxylic acids is 4. The number of nitrogens with one attached hydrogen (secondary N) is 2. The maximum atomic E-state index is 14.0. The Balaban J connectivity index is 1.41. The van der Waals surface area contributed by atoms with E-state index in [1.54, 1.807) is 32.1 Å². The number of amides is 4. The van der Waals surface area contributed by atoms with Gasteiger partial charge in [-0.25, -0.2) is 9.78 Å². The van der Waals surface area contributed by atoms with Crippen LogP contribution in [-0.2, 0) is 19.1 Å². The van der Waals surface area contributed by atoms with Crippen LogP contribution in [0.1, 0.15) is 78.6 Å². The Morgan fingerprint density at radius 3 is 2.27 bits per heavy atom. The number of rotatable bonds is 7. The summed E-state index contributed by atoms with van der Waals surface area (Å²) in [6.07, 6.45) is -0.782. The first-order valence-electron chi connectivity index (χ1n) is 15.5. The molecule has 2 aliphatic rings. The molecule has 1 aromatic heterocycles. The molecule has 5 atom stereocenters. The molecule has 0 saturated carbocycles. The number of aryl methyl sites for hydroxylation is 1. The van der Waals surface area contributed by atoms with Crippen molar-refractivity contribution in [1.29, 1.82) is 0 Å². The first-order chi connectivity index (χ1) is 20.9. The summed E-state index contributed by atoms with van der Waals surface area (Å²) in [6, 6.07) is 5.76. The van der Waals surface area contributed by atoms with Crippen LogP contribution < -0.4 is 10.6 Å². The minimum atomic E-state index is -0.943. The van der Waals surface area contributed by atoms with E-state index in [0.717, 1.165) is 21.7 Å². The monoisotopic (exact) mass is 641 g/mol. The van der Waals surface area contributed by atoms with Gasteiger partial charge in [0.25, 0.3) is 0 Å². The van der Waals surface area contributed by atoms with Gasteiger partial charge in [0, 0.05) is 26.1 Å². The number of β-amino-alcohol motifs (C(OH)–C–C–N with tert-alkyl or cyclic N) is 1. The lowest BCUT2D eigenvalue weighted by Crippen LogP contribution is -2.58. The van der Waals surface area contributed by atoms with Gasteiger partial charge in [-0.1, -0.05) is 45.0 Å². The fraction of sp³-hybridized carbons (Fsp3) is 0.606. The molecule has 2 aliphatic heterocycles. The third-order valence-corrected chi connectivity index (χ3v) is 9.23. The van der Waals surface area contributed by atoms with Gasteiger partial charge in [0.05, 0.1) is 34.1 Å². The van der Waals surface area contributed by atoms with Crippen molar-refractivity contribution >= 4 is 35.2 Å². The summed E-state index contributed by atoms with van der Waals surface area (Å²) in [6.45, 7) is 15.3. The topological polar surface area (TPSA) is 141 Å². The van der Waals surface area contributed by atoms with Gasteiger partial charge in [-0.05, 0) is 57.6 Å². The molecule has 2 aromatic rings. The van der Waals surface area contributed by atoms with Crippen LogP contribution >= 0.6 is 11.3 Å². The molecule has 4 rings (SSSR count). The highest BCUT2D eigenvalue weighted by Gasteiger charge is 2.45. The maximum Gasteiger partial charge on any atom is 0.410 e. The Bertz CT molecular complexity index is 1400. The molecule has 0 unspecified atom stereocenters. The summed E-state index contributed by atoms with van der Waals surface area (Å²) in [7, 11) is 0. The Hall–Kier alpha value is -3.51. The molecule has 0 radical (unpaired) electrons. The first-order valence-corrected chi connectivity index (χ1v) is 16.4. The standard InChI is InChI=1S/C33H47N5O6S/c1-19(21-9-11-22(12-10-21)26-20(2)34-18-45-26)35-29(41)25-15-24(39)17-38(25)30(42)27(32(3,4)5)36-28(40)23-13-14-37(16-23)31(43)44-33(6,7)8/h9-12,18-19,23-25,27,39H,13-17H2,1-8H3,(H,35,41)(H,36,40)/t19-,23+,24+,25-,27+/m0/s1. The van der Waals surface area contributed by atoms with Crippen LogP contribution in [0.15, 0.2) is 29.8 Å². The molecule has 0 aliphatic carbocycles. The van der Waals surface area contributed by atoms with Crippen LogP contribution in [0.25, 0.3) is 10.4 Å². The van der Waals surface area contributed by atoms with E-state index in [-0.39, 0.29) is 37.4 Å². The van der Waals surface area contributed by atoms with E-state index in [9.17, 15) is 24.3 Å². The van der Waals surface area contributed by atoms with Crippen molar-refractivity contribution in [1.82, 2.24) is 25.4 Å². The van der Waals surface area contributed by atoms with Crippen LogP contribution in [0.3, 0.4) is 0 Å². The summed E-state index contributed by atoms with van der Waals surface area (Å²) in [5, 5.41) is 16.5. The zero-order valence-corrected chi connectivity index (χ0v) is 28.4. The van der Waals surface area contributed by atoms with E-state index in [1.807, 2.05) is 64.4 Å². The fourth-order valence-electron chi connectivity index (χ4n) is 5.74. The molecule has 12 heteroatoms. The predicted molar refractivity (Wildman–Crippen MR) is 172 cm³/mol. The SMILES string of the molecule is Cc1ncsc1-c1ccc([C@H](C)NC(=O)[C@@H]2C[C@@H](O)CN2C(=O)[C@@H](NC(=O)[C@@H]2CCN(C(=O)OC(C)(C)C)C2)C(C)(C)C)cc1. The molecule has 1 aromatic carbocycles. The van der Waals surface area contributed by atoms with Crippen molar-refractivity contribution in [2.75, 3.05) is 19.6 Å². The minimum Gasteiger partial charge on any atom is -0.444 e. The van der Waals surface area contributed by atoms with Crippen LogP contribution in [0, 0.1) is 18.3 Å². The number of aromatic nitrogens is 1. The highest BCUT2D eigenvalue weighted by atomic mass is 32.1. The zero-order chi connectivity index (χ0) is 33.3. The molecule has 11 nitrogen and oxygen atoms in total. The van der Waals surface area contributed by atoms with Gasteiger partial charge in [-0.3, -0.25) is 14.4 Å². The third kappa shape index (κ3) is 8.40. The number of aliphatic hydroxyl groups excluding tert-OH is 1. The van der Waals surface area contributed by atoms with Crippen LogP contribution in [0.4, 0.5) is 4.79 Å². The van der Waals surface area contributed by atoms with Gasteiger partial charge >= 0.3 is 6.09 Å². The molecule has 246 valence electrons. The smallest absolute Gasteiger partial charge is 0.410 e. The summed E-state index contributed by atoms with van der Waals surface area (Å²) in [5.41, 5.74) is 3.41. The number of hydrogen-bond acceptors (Lipinski definition) is 8. The quantitative estimate of drug-likeness (QED) is 0.414. The van der Waals surface area contributed by atoms with Gasteiger partial charge in [0.15, 0.2) is 0 Å². The molecular weight excluding hydrogens is 594 g/mol. The van der Waals surface area contributed by atoms with Crippen LogP contribution in [-0.4, -0.2) is 87.1 Å². The van der Waals surface area contributed by atoms with Crippen molar-refractivity contribution in [3.05, 3.63) is 41.0 Å². The van der Waals surface area contributed by atoms with E-state index < -0.39 is 47.1 Å². The average molecular weight is 642 g/mol. The number of nitrogens with zero attached hydrogens (tertiary/aromatic N) is 3. The maximum absolute atomic E-state index is 14.0. The molecule has 0 spiro atoms. The molecule has 4 amide bonds. The zero-order valence-electron chi connectivity index (χ0n) is 27.5. The Morgan fingerprint density at radius 1 is 1.02 bits per heavy atom. The van der Waals surface area contributed by atoms with Crippen molar-refractivity contribution in [2.45, 2.75) is 98.1 Å². The van der Waals surface area contributed by atoms with Crippen molar-refractivity contribution < 1.29 is 29.0 Å². The van der Waals surface area contributed by atoms with Gasteiger partial charge in [-0.2, -0.15) is 0 Å². The fourth-order valence-corrected chi connectivity index (χ4v) is 6.55.